The number of fused-ring (bicyclic) bond motifs is 1. The second kappa shape index (κ2) is 6.27. The van der Waals surface area contributed by atoms with Crippen molar-refractivity contribution in [1.29, 1.82) is 0 Å². The molecule has 3 aromatic rings. The van der Waals surface area contributed by atoms with Gasteiger partial charge in [0.05, 0.1) is 6.20 Å². The lowest BCUT2D eigenvalue weighted by molar-refractivity contribution is -0.121. The zero-order valence-corrected chi connectivity index (χ0v) is 14.0. The maximum absolute atomic E-state index is 14.1. The summed E-state index contributed by atoms with van der Waals surface area (Å²) in [7, 11) is 0. The lowest BCUT2D eigenvalue weighted by Gasteiger charge is -2.08. The van der Waals surface area contributed by atoms with Crippen molar-refractivity contribution in [2.45, 2.75) is 38.8 Å². The Labute approximate surface area is 144 Å². The molecule has 0 bridgehead atoms. The molecular formula is C19H19FN4O. The highest BCUT2D eigenvalue weighted by molar-refractivity contribution is 5.79. The van der Waals surface area contributed by atoms with Gasteiger partial charge in [-0.2, -0.15) is 5.10 Å². The molecule has 2 aromatic heterocycles. The van der Waals surface area contributed by atoms with Crippen LogP contribution >= 0.6 is 0 Å². The van der Waals surface area contributed by atoms with Gasteiger partial charge in [0.15, 0.2) is 5.65 Å². The maximum atomic E-state index is 14.1. The number of aryl methyl sites for hydroxylation is 1. The molecule has 2 heterocycles. The van der Waals surface area contributed by atoms with Gasteiger partial charge in [-0.1, -0.05) is 12.1 Å². The van der Waals surface area contributed by atoms with E-state index in [-0.39, 0.29) is 24.8 Å². The van der Waals surface area contributed by atoms with Crippen LogP contribution in [0.2, 0.25) is 0 Å². The molecule has 5 nitrogen and oxygen atoms in total. The smallest absolute Gasteiger partial charge is 0.242 e. The van der Waals surface area contributed by atoms with Crippen LogP contribution in [0.25, 0.3) is 11.0 Å². The normalized spacial score (nSPS) is 14.0. The molecule has 0 aliphatic heterocycles. The van der Waals surface area contributed by atoms with Crippen LogP contribution in [0.5, 0.6) is 0 Å². The Balaban J connectivity index is 1.40. The van der Waals surface area contributed by atoms with E-state index in [0.717, 1.165) is 29.4 Å². The van der Waals surface area contributed by atoms with Crippen LogP contribution < -0.4 is 5.32 Å². The van der Waals surface area contributed by atoms with E-state index >= 15 is 0 Å². The summed E-state index contributed by atoms with van der Waals surface area (Å²) in [5.41, 5.74) is 3.26. The van der Waals surface area contributed by atoms with E-state index in [1.165, 1.54) is 0 Å². The molecule has 0 atom stereocenters. The van der Waals surface area contributed by atoms with Gasteiger partial charge in [0.2, 0.25) is 5.91 Å². The summed E-state index contributed by atoms with van der Waals surface area (Å²) < 4.78 is 15.7. The van der Waals surface area contributed by atoms with Crippen LogP contribution in [-0.2, 0) is 17.9 Å². The SMILES string of the molecule is Cc1cnc2c(cnn2CC(=O)NCc2ccc(C3CC3)cc2F)c1. The molecule has 1 aliphatic rings. The van der Waals surface area contributed by atoms with Crippen molar-refractivity contribution in [2.24, 2.45) is 0 Å². The zero-order chi connectivity index (χ0) is 17.4. The molecule has 0 spiro atoms. The lowest BCUT2D eigenvalue weighted by Crippen LogP contribution is -2.28. The minimum Gasteiger partial charge on any atom is -0.350 e. The summed E-state index contributed by atoms with van der Waals surface area (Å²) in [4.78, 5) is 16.5. The van der Waals surface area contributed by atoms with E-state index in [1.807, 2.05) is 19.1 Å². The van der Waals surface area contributed by atoms with Gasteiger partial charge in [-0.05, 0) is 48.9 Å². The minimum absolute atomic E-state index is 0.0569. The van der Waals surface area contributed by atoms with Gasteiger partial charge in [-0.25, -0.2) is 14.1 Å². The van der Waals surface area contributed by atoms with Crippen molar-refractivity contribution in [3.63, 3.8) is 0 Å². The molecule has 1 aliphatic carbocycles. The van der Waals surface area contributed by atoms with Crippen LogP contribution in [0.15, 0.2) is 36.7 Å². The molecule has 0 saturated heterocycles. The molecule has 1 aromatic carbocycles. The molecule has 128 valence electrons. The van der Waals surface area contributed by atoms with Crippen molar-refractivity contribution in [3.05, 3.63) is 59.2 Å². The maximum Gasteiger partial charge on any atom is 0.242 e. The number of hydrogen-bond donors (Lipinski definition) is 1. The number of aromatic nitrogens is 3. The predicted molar refractivity (Wildman–Crippen MR) is 92.5 cm³/mol. The van der Waals surface area contributed by atoms with Gasteiger partial charge in [0.1, 0.15) is 12.4 Å². The summed E-state index contributed by atoms with van der Waals surface area (Å²) in [6.07, 6.45) is 5.72. The van der Waals surface area contributed by atoms with Crippen LogP contribution in [0, 0.1) is 12.7 Å². The third-order valence-corrected chi connectivity index (χ3v) is 4.51. The molecule has 1 amide bonds. The fraction of sp³-hybridized carbons (Fsp3) is 0.316. The van der Waals surface area contributed by atoms with E-state index in [9.17, 15) is 9.18 Å². The van der Waals surface area contributed by atoms with Crippen molar-refractivity contribution in [2.75, 3.05) is 0 Å². The lowest BCUT2D eigenvalue weighted by atomic mass is 10.1. The topological polar surface area (TPSA) is 59.8 Å². The van der Waals surface area contributed by atoms with E-state index in [4.69, 9.17) is 0 Å². The van der Waals surface area contributed by atoms with Gasteiger partial charge in [0, 0.05) is 23.7 Å². The Morgan fingerprint density at radius 3 is 2.92 bits per heavy atom. The third kappa shape index (κ3) is 3.38. The first-order chi connectivity index (χ1) is 12.1. The van der Waals surface area contributed by atoms with Gasteiger partial charge >= 0.3 is 0 Å². The first-order valence-corrected chi connectivity index (χ1v) is 8.43. The first kappa shape index (κ1) is 15.7. The molecule has 0 unspecified atom stereocenters. The van der Waals surface area contributed by atoms with Crippen LogP contribution in [0.3, 0.4) is 0 Å². The van der Waals surface area contributed by atoms with Gasteiger partial charge in [-0.3, -0.25) is 4.79 Å². The number of amides is 1. The van der Waals surface area contributed by atoms with Crippen LogP contribution in [-0.4, -0.2) is 20.7 Å². The number of benzene rings is 1. The Morgan fingerprint density at radius 1 is 1.32 bits per heavy atom. The van der Waals surface area contributed by atoms with E-state index in [2.05, 4.69) is 15.4 Å². The number of nitrogens with zero attached hydrogens (tertiary/aromatic N) is 3. The highest BCUT2D eigenvalue weighted by atomic mass is 19.1. The number of hydrogen-bond acceptors (Lipinski definition) is 3. The molecular weight excluding hydrogens is 319 g/mol. The van der Waals surface area contributed by atoms with Crippen LogP contribution in [0.1, 0.15) is 35.4 Å². The molecule has 0 radical (unpaired) electrons. The summed E-state index contributed by atoms with van der Waals surface area (Å²) in [5, 5.41) is 7.85. The van der Waals surface area contributed by atoms with Crippen molar-refractivity contribution >= 4 is 16.9 Å². The van der Waals surface area contributed by atoms with Gasteiger partial charge < -0.3 is 5.32 Å². The van der Waals surface area contributed by atoms with E-state index in [0.29, 0.717) is 17.1 Å². The summed E-state index contributed by atoms with van der Waals surface area (Å²) >= 11 is 0. The number of carbonyl (C=O) groups is 1. The number of nitrogens with one attached hydrogen (secondary N) is 1. The third-order valence-electron chi connectivity index (χ3n) is 4.51. The first-order valence-electron chi connectivity index (χ1n) is 8.43. The average molecular weight is 338 g/mol. The molecule has 1 N–H and O–H groups in total. The second-order valence-electron chi connectivity index (χ2n) is 6.63. The number of rotatable bonds is 5. The highest BCUT2D eigenvalue weighted by Gasteiger charge is 2.24. The van der Waals surface area contributed by atoms with E-state index < -0.39 is 0 Å². The summed E-state index contributed by atoms with van der Waals surface area (Å²) in [5.74, 6) is 0.0341. The number of halogens is 1. The standard InChI is InChI=1S/C19H19FN4O/c1-12-6-16-10-23-24(19(16)22-8-12)11-18(25)21-9-15-5-4-14(7-17(15)20)13-2-3-13/h4-8,10,13H,2-3,9,11H2,1H3,(H,21,25). The Bertz CT molecular complexity index is 946. The molecule has 6 heteroatoms. The van der Waals surface area contributed by atoms with Crippen LogP contribution in [0.4, 0.5) is 4.39 Å². The quantitative estimate of drug-likeness (QED) is 0.778. The fourth-order valence-corrected chi connectivity index (χ4v) is 2.96. The van der Waals surface area contributed by atoms with Crippen molar-refractivity contribution in [1.82, 2.24) is 20.1 Å². The Morgan fingerprint density at radius 2 is 2.16 bits per heavy atom. The van der Waals surface area contributed by atoms with Crippen molar-refractivity contribution in [3.8, 4) is 0 Å². The molecule has 1 saturated carbocycles. The largest absolute Gasteiger partial charge is 0.350 e. The summed E-state index contributed by atoms with van der Waals surface area (Å²) in [6, 6.07) is 7.28. The fourth-order valence-electron chi connectivity index (χ4n) is 2.96. The molecule has 25 heavy (non-hydrogen) atoms. The second-order valence-corrected chi connectivity index (χ2v) is 6.63. The number of carbonyl (C=O) groups excluding carboxylic acids is 1. The monoisotopic (exact) mass is 338 g/mol. The molecule has 1 fully saturated rings. The minimum atomic E-state index is -0.258. The predicted octanol–water partition coefficient (Wildman–Crippen LogP) is 3.07. The Kier molecular flexibility index (Phi) is 3.95. The summed E-state index contributed by atoms with van der Waals surface area (Å²) in [6.45, 7) is 2.18. The Hall–Kier alpha value is -2.76. The van der Waals surface area contributed by atoms with Crippen molar-refractivity contribution < 1.29 is 9.18 Å². The zero-order valence-electron chi connectivity index (χ0n) is 14.0. The average Bonchev–Trinajstić information content (AvgIpc) is 3.37. The molecule has 4 rings (SSSR count). The van der Waals surface area contributed by atoms with E-state index in [1.54, 1.807) is 29.2 Å². The van der Waals surface area contributed by atoms with Gasteiger partial charge in [0.25, 0.3) is 0 Å². The van der Waals surface area contributed by atoms with Gasteiger partial charge in [-0.15, -0.1) is 0 Å². The number of pyridine rings is 1. The highest BCUT2D eigenvalue weighted by Crippen LogP contribution is 2.40.